The van der Waals surface area contributed by atoms with Crippen LogP contribution in [0.1, 0.15) is 6.42 Å². The summed E-state index contributed by atoms with van der Waals surface area (Å²) in [6, 6.07) is 7.74. The van der Waals surface area contributed by atoms with Crippen molar-refractivity contribution in [2.24, 2.45) is 0 Å². The molecule has 1 fully saturated rings. The molecule has 2 aliphatic rings. The van der Waals surface area contributed by atoms with Crippen molar-refractivity contribution in [3.63, 3.8) is 0 Å². The van der Waals surface area contributed by atoms with Gasteiger partial charge in [0.15, 0.2) is 0 Å². The highest BCUT2D eigenvalue weighted by Crippen LogP contribution is 2.41. The predicted molar refractivity (Wildman–Crippen MR) is 87.5 cm³/mol. The number of para-hydroxylation sites is 1. The van der Waals surface area contributed by atoms with Crippen LogP contribution < -0.4 is 4.90 Å². The van der Waals surface area contributed by atoms with Gasteiger partial charge < -0.3 is 4.90 Å². The lowest BCUT2D eigenvalue weighted by Gasteiger charge is -2.24. The molecule has 0 aromatic heterocycles. The lowest BCUT2D eigenvalue weighted by molar-refractivity contribution is 0.610. The summed E-state index contributed by atoms with van der Waals surface area (Å²) in [5, 5.41) is 0.709. The molecule has 0 saturated carbocycles. The monoisotopic (exact) mass is 328 g/mol. The highest BCUT2D eigenvalue weighted by atomic mass is 35.5. The zero-order valence-corrected chi connectivity index (χ0v) is 13.0. The number of rotatable bonds is 1. The van der Waals surface area contributed by atoms with E-state index in [0.29, 0.717) is 11.7 Å². The lowest BCUT2D eigenvalue weighted by Crippen LogP contribution is -2.25. The third-order valence-electron chi connectivity index (χ3n) is 2.89. The molecule has 98 valence electrons. The largest absolute Gasteiger partial charge is 0.327 e. The molecule has 1 aromatic carbocycles. The van der Waals surface area contributed by atoms with Crippen molar-refractivity contribution < 1.29 is 0 Å². The zero-order chi connectivity index (χ0) is 13.4. The summed E-state index contributed by atoms with van der Waals surface area (Å²) in [6.07, 6.45) is 4.81. The Morgan fingerprint density at radius 2 is 2.00 bits per heavy atom. The fraction of sp³-hybridized carbons (Fsp3) is 0.154. The molecule has 2 nitrogen and oxygen atoms in total. The van der Waals surface area contributed by atoms with Crippen LogP contribution in [0.4, 0.5) is 5.69 Å². The number of fused-ring (bicyclic) bond motifs is 1. The summed E-state index contributed by atoms with van der Waals surface area (Å²) < 4.78 is 2.60. The number of thiocarbonyl (C=S) groups is 1. The van der Waals surface area contributed by atoms with Crippen molar-refractivity contribution in [3.05, 3.63) is 52.2 Å². The van der Waals surface area contributed by atoms with Crippen LogP contribution in [-0.2, 0) is 0 Å². The van der Waals surface area contributed by atoms with Gasteiger partial charge in [-0.05, 0) is 17.7 Å². The first-order chi connectivity index (χ1) is 9.13. The molecule has 0 amide bonds. The molecular weight excluding hydrogens is 319 g/mol. The number of benzene rings is 1. The molecule has 0 aliphatic carbocycles. The van der Waals surface area contributed by atoms with Crippen LogP contribution in [0.3, 0.4) is 0 Å². The Hall–Kier alpha value is -0.680. The standard InChI is InChI=1S/C13H10Cl2N2S2/c14-10-3-1-2-4-11(10)16-6-9-5-13(18)19-12(9)7-17(15)8-16/h1-4,6-7H,5,8H2. The zero-order valence-electron chi connectivity index (χ0n) is 9.85. The average Bonchev–Trinajstić information content (AvgIpc) is 2.61. The van der Waals surface area contributed by atoms with Crippen molar-refractivity contribution in [1.29, 1.82) is 0 Å². The molecule has 3 rings (SSSR count). The number of hydrogen-bond donors (Lipinski definition) is 0. The number of nitrogens with zero attached hydrogens (tertiary/aromatic N) is 2. The van der Waals surface area contributed by atoms with E-state index >= 15 is 0 Å². The molecule has 2 heterocycles. The molecule has 2 aliphatic heterocycles. The fourth-order valence-electron chi connectivity index (χ4n) is 2.06. The number of halogens is 2. The van der Waals surface area contributed by atoms with E-state index in [0.717, 1.165) is 21.2 Å². The first-order valence-corrected chi connectivity index (χ1v) is 7.65. The molecule has 0 atom stereocenters. The topological polar surface area (TPSA) is 6.48 Å². The Balaban J connectivity index is 2.01. The lowest BCUT2D eigenvalue weighted by atomic mass is 10.2. The molecule has 0 N–H and O–H groups in total. The van der Waals surface area contributed by atoms with Gasteiger partial charge in [0.2, 0.25) is 0 Å². The number of anilines is 1. The highest BCUT2D eigenvalue weighted by molar-refractivity contribution is 8.26. The Morgan fingerprint density at radius 3 is 2.79 bits per heavy atom. The number of thioether (sulfide) groups is 1. The maximum absolute atomic E-state index is 6.25. The predicted octanol–water partition coefficient (Wildman–Crippen LogP) is 4.76. The van der Waals surface area contributed by atoms with Crippen molar-refractivity contribution in [3.8, 4) is 0 Å². The molecule has 1 saturated heterocycles. The molecule has 1 aromatic rings. The molecule has 0 unspecified atom stereocenters. The smallest absolute Gasteiger partial charge is 0.110 e. The van der Waals surface area contributed by atoms with Gasteiger partial charge in [-0.2, -0.15) is 0 Å². The van der Waals surface area contributed by atoms with Crippen LogP contribution in [0.2, 0.25) is 5.02 Å². The van der Waals surface area contributed by atoms with Crippen LogP contribution in [-0.4, -0.2) is 15.3 Å². The Bertz CT molecular complexity index is 598. The van der Waals surface area contributed by atoms with Gasteiger partial charge in [-0.1, -0.05) is 47.7 Å². The van der Waals surface area contributed by atoms with Gasteiger partial charge in [0.25, 0.3) is 0 Å². The second kappa shape index (κ2) is 5.37. The van der Waals surface area contributed by atoms with E-state index < -0.39 is 0 Å². The maximum Gasteiger partial charge on any atom is 0.110 e. The molecule has 0 bridgehead atoms. The van der Waals surface area contributed by atoms with E-state index in [-0.39, 0.29) is 0 Å². The van der Waals surface area contributed by atoms with Gasteiger partial charge >= 0.3 is 0 Å². The summed E-state index contributed by atoms with van der Waals surface area (Å²) in [6.45, 7) is 0.547. The molecule has 0 radical (unpaired) electrons. The van der Waals surface area contributed by atoms with Crippen LogP contribution in [0, 0.1) is 0 Å². The summed E-state index contributed by atoms with van der Waals surface area (Å²) in [5.74, 6) is 0. The summed E-state index contributed by atoms with van der Waals surface area (Å²) in [4.78, 5) is 3.16. The quantitative estimate of drug-likeness (QED) is 0.541. The molecule has 0 spiro atoms. The highest BCUT2D eigenvalue weighted by Gasteiger charge is 2.25. The third-order valence-corrected chi connectivity index (χ3v) is 4.77. The van der Waals surface area contributed by atoms with Gasteiger partial charge in [0, 0.05) is 35.5 Å². The third kappa shape index (κ3) is 2.77. The second-order valence-corrected chi connectivity index (χ2v) is 6.99. The minimum Gasteiger partial charge on any atom is -0.327 e. The maximum atomic E-state index is 6.25. The molecule has 6 heteroatoms. The average molecular weight is 329 g/mol. The Morgan fingerprint density at radius 1 is 1.21 bits per heavy atom. The van der Waals surface area contributed by atoms with E-state index in [1.807, 2.05) is 35.4 Å². The van der Waals surface area contributed by atoms with Gasteiger partial charge in [0.05, 0.1) is 14.9 Å². The Kier molecular flexibility index (Phi) is 3.76. The molecular formula is C13H10Cl2N2S2. The fourth-order valence-corrected chi connectivity index (χ4v) is 3.91. The van der Waals surface area contributed by atoms with Crippen LogP contribution in [0.5, 0.6) is 0 Å². The van der Waals surface area contributed by atoms with Crippen LogP contribution >= 0.6 is 47.4 Å². The van der Waals surface area contributed by atoms with E-state index in [1.165, 1.54) is 5.57 Å². The van der Waals surface area contributed by atoms with E-state index in [1.54, 1.807) is 16.2 Å². The van der Waals surface area contributed by atoms with Crippen LogP contribution in [0.25, 0.3) is 0 Å². The van der Waals surface area contributed by atoms with Gasteiger partial charge in [-0.3, -0.25) is 4.42 Å². The van der Waals surface area contributed by atoms with E-state index in [2.05, 4.69) is 6.20 Å². The first kappa shape index (κ1) is 13.3. The minimum atomic E-state index is 0.547. The van der Waals surface area contributed by atoms with Crippen molar-refractivity contribution in [1.82, 2.24) is 4.42 Å². The minimum absolute atomic E-state index is 0.547. The summed E-state index contributed by atoms with van der Waals surface area (Å²) in [5.41, 5.74) is 2.14. The van der Waals surface area contributed by atoms with Gasteiger partial charge in [-0.15, -0.1) is 0 Å². The number of allylic oxidation sites excluding steroid dienone is 1. The summed E-state index contributed by atoms with van der Waals surface area (Å²) >= 11 is 19.3. The van der Waals surface area contributed by atoms with Crippen LogP contribution in [0.15, 0.2) is 47.1 Å². The van der Waals surface area contributed by atoms with Gasteiger partial charge in [-0.25, -0.2) is 0 Å². The van der Waals surface area contributed by atoms with E-state index in [4.69, 9.17) is 35.6 Å². The Labute approximate surface area is 131 Å². The molecule has 19 heavy (non-hydrogen) atoms. The SMILES string of the molecule is S=C1CC2=CN(c3ccccc3Cl)CN(Cl)C=C2S1. The normalized spacial score (nSPS) is 18.9. The second-order valence-electron chi connectivity index (χ2n) is 4.26. The van der Waals surface area contributed by atoms with Crippen molar-refractivity contribution >= 4 is 57.2 Å². The van der Waals surface area contributed by atoms with Crippen molar-refractivity contribution in [2.75, 3.05) is 11.6 Å². The number of hydrogen-bond acceptors (Lipinski definition) is 4. The van der Waals surface area contributed by atoms with Gasteiger partial charge in [0.1, 0.15) is 6.67 Å². The first-order valence-electron chi connectivity index (χ1n) is 5.70. The van der Waals surface area contributed by atoms with Crippen molar-refractivity contribution in [2.45, 2.75) is 6.42 Å². The van der Waals surface area contributed by atoms with E-state index in [9.17, 15) is 0 Å². The summed E-state index contributed by atoms with van der Waals surface area (Å²) in [7, 11) is 0.